The first-order valence-electron chi connectivity index (χ1n) is 3.52. The Bertz CT molecular complexity index is 198. The van der Waals surface area contributed by atoms with Crippen molar-refractivity contribution in [3.8, 4) is 11.8 Å². The predicted molar refractivity (Wildman–Crippen MR) is 45.0 cm³/mol. The van der Waals surface area contributed by atoms with Crippen molar-refractivity contribution in [3.63, 3.8) is 0 Å². The number of carbonyl (C=O) groups is 1. The van der Waals surface area contributed by atoms with Crippen molar-refractivity contribution in [1.82, 2.24) is 0 Å². The first kappa shape index (κ1) is 9.70. The topological polar surface area (TPSA) is 55.4 Å². The minimum absolute atomic E-state index is 0.281. The van der Waals surface area contributed by atoms with Gasteiger partial charge in [0, 0.05) is 6.42 Å². The van der Waals surface area contributed by atoms with E-state index in [1.54, 1.807) is 0 Å². The van der Waals surface area contributed by atoms with Crippen molar-refractivity contribution in [2.45, 2.75) is 26.2 Å². The molecule has 0 rings (SSSR count). The lowest BCUT2D eigenvalue weighted by atomic mass is 10.3. The molecule has 0 aliphatic heterocycles. The van der Waals surface area contributed by atoms with Gasteiger partial charge in [-0.25, -0.2) is 4.99 Å². The Morgan fingerprint density at radius 2 is 2.36 bits per heavy atom. The SMILES string of the molecule is CCCC#CC/C(N)=N\C=O. The molecule has 0 fully saturated rings. The predicted octanol–water partition coefficient (Wildman–Crippen LogP) is 0.694. The van der Waals surface area contributed by atoms with Crippen molar-refractivity contribution in [3.05, 3.63) is 0 Å². The molecule has 0 aromatic carbocycles. The van der Waals surface area contributed by atoms with Gasteiger partial charge in [0.1, 0.15) is 5.84 Å². The van der Waals surface area contributed by atoms with Gasteiger partial charge < -0.3 is 5.73 Å². The Balaban J connectivity index is 3.62. The maximum Gasteiger partial charge on any atom is 0.234 e. The number of hydrogen-bond donors (Lipinski definition) is 1. The number of nitrogens with two attached hydrogens (primary N) is 1. The summed E-state index contributed by atoms with van der Waals surface area (Å²) in [7, 11) is 0. The molecule has 0 radical (unpaired) electrons. The van der Waals surface area contributed by atoms with Gasteiger partial charge in [0.2, 0.25) is 6.41 Å². The number of nitrogens with zero attached hydrogens (tertiary/aromatic N) is 1. The zero-order chi connectivity index (χ0) is 8.53. The molecule has 0 saturated carbocycles. The minimum Gasteiger partial charge on any atom is -0.386 e. The molecule has 0 saturated heterocycles. The van der Waals surface area contributed by atoms with Crippen LogP contribution in [-0.2, 0) is 4.79 Å². The molecule has 0 bridgehead atoms. The highest BCUT2D eigenvalue weighted by Gasteiger charge is 1.84. The maximum atomic E-state index is 9.79. The van der Waals surface area contributed by atoms with E-state index in [4.69, 9.17) is 5.73 Å². The fraction of sp³-hybridized carbons (Fsp3) is 0.500. The second-order valence-electron chi connectivity index (χ2n) is 2.01. The van der Waals surface area contributed by atoms with E-state index < -0.39 is 0 Å². The summed E-state index contributed by atoms with van der Waals surface area (Å²) in [5.74, 6) is 5.98. The quantitative estimate of drug-likeness (QED) is 0.280. The number of rotatable bonds is 3. The molecule has 2 N–H and O–H groups in total. The fourth-order valence-electron chi connectivity index (χ4n) is 0.480. The van der Waals surface area contributed by atoms with Gasteiger partial charge in [-0.1, -0.05) is 12.8 Å². The molecule has 0 unspecified atom stereocenters. The number of unbranched alkanes of at least 4 members (excludes halogenated alkanes) is 1. The molecule has 60 valence electrons. The third kappa shape index (κ3) is 6.59. The van der Waals surface area contributed by atoms with E-state index in [1.165, 1.54) is 0 Å². The number of carbonyl (C=O) groups excluding carboxylic acids is 1. The number of amidine groups is 1. The molecule has 0 spiro atoms. The highest BCUT2D eigenvalue weighted by Crippen LogP contribution is 1.82. The fourth-order valence-corrected chi connectivity index (χ4v) is 0.480. The van der Waals surface area contributed by atoms with Gasteiger partial charge in [0.25, 0.3) is 0 Å². The van der Waals surface area contributed by atoms with Gasteiger partial charge in [0.15, 0.2) is 0 Å². The van der Waals surface area contributed by atoms with Crippen molar-refractivity contribution >= 4 is 12.2 Å². The van der Waals surface area contributed by atoms with Gasteiger partial charge in [-0.05, 0) is 6.42 Å². The van der Waals surface area contributed by atoms with E-state index in [9.17, 15) is 4.79 Å². The summed E-state index contributed by atoms with van der Waals surface area (Å²) in [6.45, 7) is 2.05. The van der Waals surface area contributed by atoms with Crippen molar-refractivity contribution in [1.29, 1.82) is 0 Å². The maximum absolute atomic E-state index is 9.79. The Kier molecular flexibility index (Phi) is 6.01. The standard InChI is InChI=1S/C8H12N2O/c1-2-3-4-5-6-8(9)10-7-11/h7H,2-3,6H2,1H3,(H2,9,10,11). The van der Waals surface area contributed by atoms with E-state index in [-0.39, 0.29) is 5.84 Å². The van der Waals surface area contributed by atoms with E-state index >= 15 is 0 Å². The second-order valence-corrected chi connectivity index (χ2v) is 2.01. The number of aliphatic imine (C=N–C) groups is 1. The van der Waals surface area contributed by atoms with Crippen LogP contribution in [0.4, 0.5) is 0 Å². The van der Waals surface area contributed by atoms with Gasteiger partial charge in [-0.3, -0.25) is 4.79 Å². The summed E-state index contributed by atoms with van der Waals surface area (Å²) in [5.41, 5.74) is 5.28. The van der Waals surface area contributed by atoms with Crippen molar-refractivity contribution < 1.29 is 4.79 Å². The molecule has 0 aliphatic carbocycles. The number of amides is 1. The lowest BCUT2D eigenvalue weighted by Crippen LogP contribution is -2.10. The van der Waals surface area contributed by atoms with Crippen molar-refractivity contribution in [2.24, 2.45) is 10.7 Å². The Hall–Kier alpha value is -1.30. The van der Waals surface area contributed by atoms with Gasteiger partial charge >= 0.3 is 0 Å². The van der Waals surface area contributed by atoms with Crippen LogP contribution in [0.2, 0.25) is 0 Å². The van der Waals surface area contributed by atoms with E-state index in [2.05, 4.69) is 23.8 Å². The monoisotopic (exact) mass is 152 g/mol. The molecule has 3 heteroatoms. The normalized spacial score (nSPS) is 10.1. The zero-order valence-corrected chi connectivity index (χ0v) is 6.63. The lowest BCUT2D eigenvalue weighted by molar-refractivity contribution is -0.106. The molecular formula is C8H12N2O. The second kappa shape index (κ2) is 6.81. The summed E-state index contributed by atoms with van der Waals surface area (Å²) in [4.78, 5) is 13.1. The summed E-state index contributed by atoms with van der Waals surface area (Å²) >= 11 is 0. The lowest BCUT2D eigenvalue weighted by Gasteiger charge is -1.86. The third-order valence-corrected chi connectivity index (χ3v) is 0.988. The van der Waals surface area contributed by atoms with Gasteiger partial charge in [-0.15, -0.1) is 5.92 Å². The largest absolute Gasteiger partial charge is 0.386 e. The summed E-state index contributed by atoms with van der Waals surface area (Å²) in [6, 6.07) is 0. The van der Waals surface area contributed by atoms with Crippen LogP contribution in [0.5, 0.6) is 0 Å². The Morgan fingerprint density at radius 1 is 1.64 bits per heavy atom. The molecular weight excluding hydrogens is 140 g/mol. The molecule has 3 nitrogen and oxygen atoms in total. The Labute approximate surface area is 66.7 Å². The van der Waals surface area contributed by atoms with E-state index in [0.717, 1.165) is 12.8 Å². The summed E-state index contributed by atoms with van der Waals surface area (Å²) in [5, 5.41) is 0. The molecule has 1 amide bonds. The van der Waals surface area contributed by atoms with E-state index in [0.29, 0.717) is 12.8 Å². The molecule has 0 aromatic heterocycles. The summed E-state index contributed by atoms with van der Waals surface area (Å²) in [6.07, 6.45) is 2.72. The van der Waals surface area contributed by atoms with Gasteiger partial charge in [0.05, 0.1) is 6.42 Å². The highest BCUT2D eigenvalue weighted by molar-refractivity contribution is 5.87. The van der Waals surface area contributed by atoms with Crippen LogP contribution in [0.15, 0.2) is 4.99 Å². The zero-order valence-electron chi connectivity index (χ0n) is 6.63. The third-order valence-electron chi connectivity index (χ3n) is 0.988. The molecule has 11 heavy (non-hydrogen) atoms. The number of hydrogen-bond acceptors (Lipinski definition) is 1. The van der Waals surface area contributed by atoms with Crippen LogP contribution in [0, 0.1) is 11.8 Å². The van der Waals surface area contributed by atoms with Crippen LogP contribution in [-0.4, -0.2) is 12.2 Å². The highest BCUT2D eigenvalue weighted by atomic mass is 16.1. The minimum atomic E-state index is 0.281. The molecule has 0 aliphatic rings. The van der Waals surface area contributed by atoms with Crippen molar-refractivity contribution in [2.75, 3.05) is 0 Å². The Morgan fingerprint density at radius 3 is 2.91 bits per heavy atom. The van der Waals surface area contributed by atoms with Crippen LogP contribution in [0.1, 0.15) is 26.2 Å². The molecule has 0 atom stereocenters. The average molecular weight is 152 g/mol. The summed E-state index contributed by atoms with van der Waals surface area (Å²) < 4.78 is 0. The van der Waals surface area contributed by atoms with Crippen LogP contribution < -0.4 is 5.73 Å². The van der Waals surface area contributed by atoms with Crippen LogP contribution in [0.3, 0.4) is 0 Å². The molecule has 0 heterocycles. The first-order chi connectivity index (χ1) is 5.31. The molecule has 0 aromatic rings. The smallest absolute Gasteiger partial charge is 0.234 e. The first-order valence-corrected chi connectivity index (χ1v) is 3.52. The van der Waals surface area contributed by atoms with Crippen LogP contribution in [0.25, 0.3) is 0 Å². The average Bonchev–Trinajstić information content (AvgIpc) is 1.99. The van der Waals surface area contributed by atoms with Gasteiger partial charge in [-0.2, -0.15) is 0 Å². The van der Waals surface area contributed by atoms with Crippen LogP contribution >= 0.6 is 0 Å². The van der Waals surface area contributed by atoms with E-state index in [1.807, 2.05) is 0 Å².